The lowest BCUT2D eigenvalue weighted by Crippen LogP contribution is -2.20. The maximum Gasteiger partial charge on any atom is 0.217 e. The van der Waals surface area contributed by atoms with E-state index in [1.807, 2.05) is 6.07 Å². The largest absolute Gasteiger partial charge is 0.370 e. The molecular formula is C11H17ClN2OS. The molecule has 0 saturated carbocycles. The van der Waals surface area contributed by atoms with Crippen molar-refractivity contribution in [3.8, 4) is 0 Å². The van der Waals surface area contributed by atoms with Gasteiger partial charge in [-0.15, -0.1) is 11.3 Å². The van der Waals surface area contributed by atoms with Gasteiger partial charge in [0.1, 0.15) is 0 Å². The monoisotopic (exact) mass is 260 g/mol. The van der Waals surface area contributed by atoms with E-state index in [1.165, 1.54) is 5.56 Å². The molecule has 1 heterocycles. The molecule has 0 aliphatic carbocycles. The van der Waals surface area contributed by atoms with E-state index in [9.17, 15) is 4.79 Å². The lowest BCUT2D eigenvalue weighted by Gasteiger charge is -2.11. The standard InChI is InChI=1S/C11H17ClN2OS/c1-8(9-6-10(12)16-7-9)14-5-3-2-4-11(13)15/h6-8,14H,2-5H2,1H3,(H2,13,15). The van der Waals surface area contributed by atoms with Crippen molar-refractivity contribution in [3.63, 3.8) is 0 Å². The molecule has 0 aliphatic heterocycles. The van der Waals surface area contributed by atoms with Gasteiger partial charge in [-0.25, -0.2) is 0 Å². The summed E-state index contributed by atoms with van der Waals surface area (Å²) in [6.45, 7) is 2.99. The number of hydrogen-bond acceptors (Lipinski definition) is 3. The number of unbranched alkanes of at least 4 members (excludes halogenated alkanes) is 1. The zero-order valence-electron chi connectivity index (χ0n) is 9.33. The van der Waals surface area contributed by atoms with Crippen LogP contribution in [0.5, 0.6) is 0 Å². The summed E-state index contributed by atoms with van der Waals surface area (Å²) in [4.78, 5) is 10.5. The fourth-order valence-electron chi connectivity index (χ4n) is 1.41. The van der Waals surface area contributed by atoms with Crippen molar-refractivity contribution in [2.75, 3.05) is 6.54 Å². The quantitative estimate of drug-likeness (QED) is 0.741. The Morgan fingerprint density at radius 1 is 1.62 bits per heavy atom. The second-order valence-electron chi connectivity index (χ2n) is 3.78. The number of amides is 1. The minimum Gasteiger partial charge on any atom is -0.370 e. The van der Waals surface area contributed by atoms with Crippen LogP contribution in [0.3, 0.4) is 0 Å². The number of carbonyl (C=O) groups is 1. The van der Waals surface area contributed by atoms with Crippen molar-refractivity contribution >= 4 is 28.8 Å². The highest BCUT2D eigenvalue weighted by molar-refractivity contribution is 7.14. The van der Waals surface area contributed by atoms with E-state index in [-0.39, 0.29) is 5.91 Å². The molecule has 5 heteroatoms. The number of thiophene rings is 1. The molecule has 0 bridgehead atoms. The van der Waals surface area contributed by atoms with Gasteiger partial charge in [-0.1, -0.05) is 11.6 Å². The van der Waals surface area contributed by atoms with Gasteiger partial charge in [-0.2, -0.15) is 0 Å². The van der Waals surface area contributed by atoms with E-state index in [1.54, 1.807) is 11.3 Å². The molecule has 0 aliphatic rings. The number of nitrogens with two attached hydrogens (primary N) is 1. The van der Waals surface area contributed by atoms with E-state index < -0.39 is 0 Å². The molecule has 0 saturated heterocycles. The number of carbonyl (C=O) groups excluding carboxylic acids is 1. The van der Waals surface area contributed by atoms with Gasteiger partial charge in [-0.3, -0.25) is 4.79 Å². The van der Waals surface area contributed by atoms with E-state index >= 15 is 0 Å². The zero-order valence-corrected chi connectivity index (χ0v) is 10.9. The van der Waals surface area contributed by atoms with Crippen LogP contribution >= 0.6 is 22.9 Å². The summed E-state index contributed by atoms with van der Waals surface area (Å²) in [5.41, 5.74) is 6.27. The lowest BCUT2D eigenvalue weighted by molar-refractivity contribution is -0.118. The number of halogens is 1. The van der Waals surface area contributed by atoms with Gasteiger partial charge in [-0.05, 0) is 43.3 Å². The van der Waals surface area contributed by atoms with Gasteiger partial charge in [0.25, 0.3) is 0 Å². The molecule has 0 fully saturated rings. The Hall–Kier alpha value is -0.580. The first-order chi connectivity index (χ1) is 7.59. The molecule has 1 unspecified atom stereocenters. The van der Waals surface area contributed by atoms with Crippen LogP contribution in [0.15, 0.2) is 11.4 Å². The highest BCUT2D eigenvalue weighted by Gasteiger charge is 2.06. The van der Waals surface area contributed by atoms with Crippen LogP contribution in [0.2, 0.25) is 4.34 Å². The molecule has 90 valence electrons. The minimum absolute atomic E-state index is 0.224. The first-order valence-corrected chi connectivity index (χ1v) is 6.61. The molecule has 0 radical (unpaired) electrons. The fourth-order valence-corrected chi connectivity index (χ4v) is 2.40. The Balaban J connectivity index is 2.15. The molecule has 16 heavy (non-hydrogen) atoms. The maximum atomic E-state index is 10.5. The number of hydrogen-bond donors (Lipinski definition) is 2. The molecule has 1 aromatic rings. The van der Waals surface area contributed by atoms with Gasteiger partial charge in [0.2, 0.25) is 5.91 Å². The molecule has 1 aromatic heterocycles. The van der Waals surface area contributed by atoms with E-state index in [4.69, 9.17) is 17.3 Å². The normalized spacial score (nSPS) is 12.6. The van der Waals surface area contributed by atoms with Gasteiger partial charge < -0.3 is 11.1 Å². The van der Waals surface area contributed by atoms with Crippen molar-refractivity contribution in [1.29, 1.82) is 0 Å². The fraction of sp³-hybridized carbons (Fsp3) is 0.545. The number of primary amides is 1. The molecule has 3 N–H and O–H groups in total. The highest BCUT2D eigenvalue weighted by Crippen LogP contribution is 2.24. The van der Waals surface area contributed by atoms with Gasteiger partial charge in [0, 0.05) is 12.5 Å². The summed E-state index contributed by atoms with van der Waals surface area (Å²) in [5, 5.41) is 5.44. The highest BCUT2D eigenvalue weighted by atomic mass is 35.5. The smallest absolute Gasteiger partial charge is 0.217 e. The third-order valence-corrected chi connectivity index (χ3v) is 3.50. The Kier molecular flexibility index (Phi) is 5.80. The van der Waals surface area contributed by atoms with Crippen molar-refractivity contribution in [2.24, 2.45) is 5.73 Å². The van der Waals surface area contributed by atoms with Crippen molar-refractivity contribution in [2.45, 2.75) is 32.2 Å². The summed E-state index contributed by atoms with van der Waals surface area (Å²) < 4.78 is 0.817. The summed E-state index contributed by atoms with van der Waals surface area (Å²) in [6.07, 6.45) is 2.28. The van der Waals surface area contributed by atoms with Crippen molar-refractivity contribution in [1.82, 2.24) is 5.32 Å². The Labute approximate surface area is 105 Å². The zero-order chi connectivity index (χ0) is 12.0. The Bertz CT molecular complexity index is 340. The van der Waals surface area contributed by atoms with Crippen LogP contribution in [0, 0.1) is 0 Å². The number of nitrogens with one attached hydrogen (secondary N) is 1. The van der Waals surface area contributed by atoms with E-state index in [0.29, 0.717) is 12.5 Å². The van der Waals surface area contributed by atoms with Crippen LogP contribution in [0.1, 0.15) is 37.8 Å². The van der Waals surface area contributed by atoms with Crippen molar-refractivity contribution < 1.29 is 4.79 Å². The Morgan fingerprint density at radius 2 is 2.38 bits per heavy atom. The SMILES string of the molecule is CC(NCCCCC(N)=O)c1csc(Cl)c1. The summed E-state index contributed by atoms with van der Waals surface area (Å²) in [7, 11) is 0. The van der Waals surface area contributed by atoms with Gasteiger partial charge >= 0.3 is 0 Å². The Morgan fingerprint density at radius 3 is 2.94 bits per heavy atom. The third-order valence-electron chi connectivity index (χ3n) is 2.39. The molecule has 1 amide bonds. The van der Waals surface area contributed by atoms with Crippen LogP contribution in [-0.2, 0) is 4.79 Å². The van der Waals surface area contributed by atoms with E-state index in [0.717, 1.165) is 23.7 Å². The van der Waals surface area contributed by atoms with Crippen LogP contribution < -0.4 is 11.1 Å². The summed E-state index contributed by atoms with van der Waals surface area (Å²) in [5.74, 6) is -0.224. The van der Waals surface area contributed by atoms with Crippen LogP contribution in [-0.4, -0.2) is 12.5 Å². The summed E-state index contributed by atoms with van der Waals surface area (Å²) in [6, 6.07) is 2.28. The van der Waals surface area contributed by atoms with Gasteiger partial charge in [0.05, 0.1) is 4.34 Å². The third kappa shape index (κ3) is 4.96. The first kappa shape index (κ1) is 13.5. The van der Waals surface area contributed by atoms with Crippen LogP contribution in [0.25, 0.3) is 0 Å². The molecule has 0 spiro atoms. The second-order valence-corrected chi connectivity index (χ2v) is 5.33. The van der Waals surface area contributed by atoms with Crippen LogP contribution in [0.4, 0.5) is 0 Å². The lowest BCUT2D eigenvalue weighted by atomic mass is 10.1. The second kappa shape index (κ2) is 6.89. The number of rotatable bonds is 7. The first-order valence-electron chi connectivity index (χ1n) is 5.35. The molecular weight excluding hydrogens is 244 g/mol. The predicted molar refractivity (Wildman–Crippen MR) is 68.8 cm³/mol. The minimum atomic E-state index is -0.224. The molecule has 3 nitrogen and oxygen atoms in total. The van der Waals surface area contributed by atoms with Gasteiger partial charge in [0.15, 0.2) is 0 Å². The maximum absolute atomic E-state index is 10.5. The molecule has 0 aromatic carbocycles. The van der Waals surface area contributed by atoms with Crippen molar-refractivity contribution in [3.05, 3.63) is 21.3 Å². The predicted octanol–water partition coefficient (Wildman–Crippen LogP) is 2.71. The average Bonchev–Trinajstić information content (AvgIpc) is 2.63. The molecule has 1 atom stereocenters. The topological polar surface area (TPSA) is 55.1 Å². The molecule has 1 rings (SSSR count). The summed E-state index contributed by atoms with van der Waals surface area (Å²) >= 11 is 7.41. The average molecular weight is 261 g/mol. The van der Waals surface area contributed by atoms with E-state index in [2.05, 4.69) is 17.6 Å².